The summed E-state index contributed by atoms with van der Waals surface area (Å²) < 4.78 is 4.87. The predicted molar refractivity (Wildman–Crippen MR) is 72.4 cm³/mol. The van der Waals surface area contributed by atoms with E-state index in [0.717, 1.165) is 18.2 Å². The molecule has 1 heterocycles. The van der Waals surface area contributed by atoms with Crippen molar-refractivity contribution in [1.29, 1.82) is 0 Å². The molecule has 1 fully saturated rings. The standard InChI is InChI=1S/C12H15BrN2O4/c13-7-12(5-1-2-6-12)8-14-11(16)9-3-4-10(19-9)15(17)18/h3-4H,1-2,5-8H2,(H,14,16). The molecule has 1 aromatic heterocycles. The van der Waals surface area contributed by atoms with Gasteiger partial charge >= 0.3 is 5.88 Å². The van der Waals surface area contributed by atoms with Crippen LogP contribution >= 0.6 is 15.9 Å². The molecule has 0 aromatic carbocycles. The molecule has 0 unspecified atom stereocenters. The minimum absolute atomic E-state index is 0.0191. The molecule has 0 saturated heterocycles. The van der Waals surface area contributed by atoms with E-state index < -0.39 is 16.7 Å². The minimum atomic E-state index is -0.659. The van der Waals surface area contributed by atoms with Gasteiger partial charge in [-0.15, -0.1) is 0 Å². The fourth-order valence-corrected chi connectivity index (χ4v) is 3.14. The average Bonchev–Trinajstić information content (AvgIpc) is 3.06. The monoisotopic (exact) mass is 330 g/mol. The van der Waals surface area contributed by atoms with Crippen molar-refractivity contribution in [3.8, 4) is 0 Å². The zero-order chi connectivity index (χ0) is 13.9. The number of nitrogens with zero attached hydrogens (tertiary/aromatic N) is 1. The number of hydrogen-bond donors (Lipinski definition) is 1. The Bertz CT molecular complexity index is 480. The Kier molecular flexibility index (Phi) is 4.24. The molecule has 1 aliphatic carbocycles. The lowest BCUT2D eigenvalue weighted by Crippen LogP contribution is -2.36. The first kappa shape index (κ1) is 14.0. The number of nitrogens with one attached hydrogen (secondary N) is 1. The summed E-state index contributed by atoms with van der Waals surface area (Å²) in [4.78, 5) is 21.7. The summed E-state index contributed by atoms with van der Waals surface area (Å²) in [6.07, 6.45) is 4.51. The lowest BCUT2D eigenvalue weighted by molar-refractivity contribution is -0.402. The normalized spacial score (nSPS) is 17.3. The minimum Gasteiger partial charge on any atom is -0.395 e. The Morgan fingerprint density at radius 1 is 1.47 bits per heavy atom. The summed E-state index contributed by atoms with van der Waals surface area (Å²) in [7, 11) is 0. The molecule has 0 radical (unpaired) electrons. The fraction of sp³-hybridized carbons (Fsp3) is 0.583. The highest BCUT2D eigenvalue weighted by Crippen LogP contribution is 2.39. The molecule has 7 heteroatoms. The molecule has 1 N–H and O–H groups in total. The number of alkyl halides is 1. The molecule has 19 heavy (non-hydrogen) atoms. The Labute approximate surface area is 118 Å². The Morgan fingerprint density at radius 2 is 2.16 bits per heavy atom. The second kappa shape index (κ2) is 5.73. The van der Waals surface area contributed by atoms with E-state index in [1.807, 2.05) is 0 Å². The van der Waals surface area contributed by atoms with Crippen LogP contribution in [0.25, 0.3) is 0 Å². The van der Waals surface area contributed by atoms with Crippen LogP contribution in [-0.4, -0.2) is 22.7 Å². The summed E-state index contributed by atoms with van der Waals surface area (Å²) >= 11 is 3.50. The highest BCUT2D eigenvalue weighted by atomic mass is 79.9. The Balaban J connectivity index is 1.95. The van der Waals surface area contributed by atoms with Crippen molar-refractivity contribution < 1.29 is 14.1 Å². The molecular weight excluding hydrogens is 316 g/mol. The van der Waals surface area contributed by atoms with Gasteiger partial charge < -0.3 is 9.73 Å². The van der Waals surface area contributed by atoms with Gasteiger partial charge in [-0.1, -0.05) is 28.8 Å². The molecule has 1 saturated carbocycles. The number of amides is 1. The predicted octanol–water partition coefficient (Wildman–Crippen LogP) is 2.87. The topological polar surface area (TPSA) is 85.4 Å². The molecule has 104 valence electrons. The van der Waals surface area contributed by atoms with E-state index in [4.69, 9.17) is 4.42 Å². The second-order valence-corrected chi connectivity index (χ2v) is 5.48. The summed E-state index contributed by atoms with van der Waals surface area (Å²) in [6.45, 7) is 0.561. The van der Waals surface area contributed by atoms with E-state index >= 15 is 0 Å². The van der Waals surface area contributed by atoms with Crippen molar-refractivity contribution in [2.75, 3.05) is 11.9 Å². The Morgan fingerprint density at radius 3 is 2.68 bits per heavy atom. The zero-order valence-corrected chi connectivity index (χ0v) is 11.9. The van der Waals surface area contributed by atoms with Crippen molar-refractivity contribution in [2.24, 2.45) is 5.41 Å². The number of carbonyl (C=O) groups excluding carboxylic acids is 1. The zero-order valence-electron chi connectivity index (χ0n) is 10.4. The van der Waals surface area contributed by atoms with Crippen LogP contribution in [0, 0.1) is 15.5 Å². The largest absolute Gasteiger partial charge is 0.433 e. The summed E-state index contributed by atoms with van der Waals surface area (Å²) in [5.41, 5.74) is 0.105. The molecule has 0 bridgehead atoms. The maximum absolute atomic E-state index is 11.9. The van der Waals surface area contributed by atoms with Gasteiger partial charge in [0.05, 0.1) is 6.07 Å². The van der Waals surface area contributed by atoms with Crippen molar-refractivity contribution in [2.45, 2.75) is 25.7 Å². The second-order valence-electron chi connectivity index (χ2n) is 4.92. The Hall–Kier alpha value is -1.37. The van der Waals surface area contributed by atoms with Crippen molar-refractivity contribution in [3.05, 3.63) is 28.0 Å². The number of nitro groups is 1. The van der Waals surface area contributed by atoms with E-state index in [2.05, 4.69) is 21.2 Å². The first-order chi connectivity index (χ1) is 9.06. The fourth-order valence-electron chi connectivity index (χ4n) is 2.39. The molecule has 1 amide bonds. The number of halogens is 1. The molecule has 0 spiro atoms. The van der Waals surface area contributed by atoms with E-state index in [0.29, 0.717) is 6.54 Å². The van der Waals surface area contributed by atoms with Crippen molar-refractivity contribution in [1.82, 2.24) is 5.32 Å². The third kappa shape index (κ3) is 3.15. The molecule has 6 nitrogen and oxygen atoms in total. The van der Waals surface area contributed by atoms with E-state index in [1.54, 1.807) is 0 Å². The molecule has 0 atom stereocenters. The highest BCUT2D eigenvalue weighted by Gasteiger charge is 2.33. The van der Waals surface area contributed by atoms with Gasteiger partial charge in [-0.2, -0.15) is 0 Å². The molecule has 1 aromatic rings. The van der Waals surface area contributed by atoms with Crippen LogP contribution in [0.1, 0.15) is 36.2 Å². The van der Waals surface area contributed by atoms with Crippen LogP contribution < -0.4 is 5.32 Å². The number of hydrogen-bond acceptors (Lipinski definition) is 4. The third-order valence-electron chi connectivity index (χ3n) is 3.57. The van der Waals surface area contributed by atoms with Gasteiger partial charge in [-0.25, -0.2) is 0 Å². The highest BCUT2D eigenvalue weighted by molar-refractivity contribution is 9.09. The first-order valence-corrected chi connectivity index (χ1v) is 7.27. The van der Waals surface area contributed by atoms with Crippen molar-refractivity contribution >= 4 is 27.7 Å². The van der Waals surface area contributed by atoms with Crippen LogP contribution in [0.4, 0.5) is 5.88 Å². The quantitative estimate of drug-likeness (QED) is 0.511. The number of rotatable bonds is 5. The molecule has 0 aliphatic heterocycles. The summed E-state index contributed by atoms with van der Waals surface area (Å²) in [6, 6.07) is 2.51. The lowest BCUT2D eigenvalue weighted by Gasteiger charge is -2.26. The van der Waals surface area contributed by atoms with E-state index in [1.165, 1.54) is 25.0 Å². The summed E-state index contributed by atoms with van der Waals surface area (Å²) in [5.74, 6) is -0.837. The van der Waals surface area contributed by atoms with Gasteiger partial charge in [-0.05, 0) is 24.3 Å². The van der Waals surface area contributed by atoms with Crippen LogP contribution in [0.5, 0.6) is 0 Å². The lowest BCUT2D eigenvalue weighted by atomic mass is 9.89. The van der Waals surface area contributed by atoms with Crippen LogP contribution in [0.2, 0.25) is 0 Å². The van der Waals surface area contributed by atoms with Gasteiger partial charge in [0.1, 0.15) is 4.92 Å². The molecule has 2 rings (SSSR count). The molecule has 1 aliphatic rings. The molecular formula is C12H15BrN2O4. The first-order valence-electron chi connectivity index (χ1n) is 6.15. The smallest absolute Gasteiger partial charge is 0.395 e. The van der Waals surface area contributed by atoms with E-state index in [-0.39, 0.29) is 11.2 Å². The maximum atomic E-state index is 11.9. The van der Waals surface area contributed by atoms with Gasteiger partial charge in [0.15, 0.2) is 5.76 Å². The van der Waals surface area contributed by atoms with Crippen LogP contribution in [-0.2, 0) is 0 Å². The van der Waals surface area contributed by atoms with Crippen LogP contribution in [0.15, 0.2) is 16.5 Å². The third-order valence-corrected chi connectivity index (χ3v) is 4.76. The van der Waals surface area contributed by atoms with Crippen molar-refractivity contribution in [3.63, 3.8) is 0 Å². The van der Waals surface area contributed by atoms with Gasteiger partial charge in [0.2, 0.25) is 0 Å². The number of furan rings is 1. The maximum Gasteiger partial charge on any atom is 0.433 e. The average molecular weight is 331 g/mol. The van der Waals surface area contributed by atoms with Gasteiger partial charge in [0.25, 0.3) is 5.91 Å². The SMILES string of the molecule is O=C(NCC1(CBr)CCCC1)c1ccc([N+](=O)[O-])o1. The van der Waals surface area contributed by atoms with Gasteiger partial charge in [0, 0.05) is 11.9 Å². The summed E-state index contributed by atoms with van der Waals surface area (Å²) in [5, 5.41) is 14.1. The van der Waals surface area contributed by atoms with Gasteiger partial charge in [-0.3, -0.25) is 14.9 Å². The van der Waals surface area contributed by atoms with Crippen LogP contribution in [0.3, 0.4) is 0 Å². The number of carbonyl (C=O) groups is 1. The van der Waals surface area contributed by atoms with E-state index in [9.17, 15) is 14.9 Å².